The molecule has 0 spiro atoms. The number of carbonyl (C=O) groups is 1. The maximum absolute atomic E-state index is 12.0. The fourth-order valence-corrected chi connectivity index (χ4v) is 2.03. The summed E-state index contributed by atoms with van der Waals surface area (Å²) in [6, 6.07) is 17.8. The summed E-state index contributed by atoms with van der Waals surface area (Å²) in [7, 11) is 1.83. The molecule has 2 rings (SSSR count). The molecule has 0 radical (unpaired) electrons. The van der Waals surface area contributed by atoms with E-state index in [1.807, 2.05) is 49.5 Å². The zero-order valence-corrected chi connectivity index (χ0v) is 14.3. The molecule has 118 valence electrons. The number of rotatable bonds is 7. The van der Waals surface area contributed by atoms with Gasteiger partial charge in [-0.25, -0.2) is 0 Å². The molecule has 4 nitrogen and oxygen atoms in total. The van der Waals surface area contributed by atoms with Gasteiger partial charge in [0.15, 0.2) is 0 Å². The van der Waals surface area contributed by atoms with Crippen molar-refractivity contribution < 1.29 is 4.79 Å². The third-order valence-corrected chi connectivity index (χ3v) is 3.23. The maximum Gasteiger partial charge on any atom is 0.251 e. The predicted octanol–water partition coefficient (Wildman–Crippen LogP) is 2.46. The molecule has 0 bridgehead atoms. The van der Waals surface area contributed by atoms with Gasteiger partial charge in [0.25, 0.3) is 5.91 Å². The summed E-state index contributed by atoms with van der Waals surface area (Å²) in [5.74, 6) is -0.0287. The Bertz CT molecular complexity index is 558. The van der Waals surface area contributed by atoms with Gasteiger partial charge in [-0.2, -0.15) is 0 Å². The molecule has 0 saturated carbocycles. The first kappa shape index (κ1) is 18.4. The van der Waals surface area contributed by atoms with Gasteiger partial charge in [-0.15, -0.1) is 17.0 Å². The lowest BCUT2D eigenvalue weighted by molar-refractivity contribution is 0.0954. The van der Waals surface area contributed by atoms with Gasteiger partial charge in [-0.3, -0.25) is 15.6 Å². The van der Waals surface area contributed by atoms with Crippen molar-refractivity contribution >= 4 is 22.9 Å². The zero-order valence-electron chi connectivity index (χ0n) is 12.6. The van der Waals surface area contributed by atoms with Gasteiger partial charge in [0.05, 0.1) is 0 Å². The van der Waals surface area contributed by atoms with E-state index in [1.165, 1.54) is 5.56 Å². The molecule has 2 aromatic rings. The van der Waals surface area contributed by atoms with Crippen molar-refractivity contribution in [2.75, 3.05) is 13.6 Å². The van der Waals surface area contributed by atoms with Crippen LogP contribution in [0.15, 0.2) is 54.6 Å². The van der Waals surface area contributed by atoms with Crippen molar-refractivity contribution in [1.82, 2.24) is 16.2 Å². The zero-order chi connectivity index (χ0) is 14.9. The van der Waals surface area contributed by atoms with Crippen LogP contribution in [0.3, 0.4) is 0 Å². The van der Waals surface area contributed by atoms with Gasteiger partial charge in [-0.1, -0.05) is 42.5 Å². The van der Waals surface area contributed by atoms with E-state index < -0.39 is 0 Å². The second-order valence-electron chi connectivity index (χ2n) is 4.79. The molecule has 0 aliphatic heterocycles. The lowest BCUT2D eigenvalue weighted by atomic mass is 10.1. The van der Waals surface area contributed by atoms with E-state index >= 15 is 0 Å². The fraction of sp³-hybridized carbons (Fsp3) is 0.235. The van der Waals surface area contributed by atoms with Crippen molar-refractivity contribution in [2.24, 2.45) is 0 Å². The Morgan fingerprint density at radius 2 is 1.64 bits per heavy atom. The molecule has 0 aromatic heterocycles. The molecule has 22 heavy (non-hydrogen) atoms. The second-order valence-corrected chi connectivity index (χ2v) is 4.79. The van der Waals surface area contributed by atoms with Crippen LogP contribution in [0.5, 0.6) is 0 Å². The van der Waals surface area contributed by atoms with Gasteiger partial charge in [0, 0.05) is 18.7 Å². The van der Waals surface area contributed by atoms with Crippen molar-refractivity contribution in [2.45, 2.75) is 13.0 Å². The number of nitrogens with one attached hydrogen (secondary N) is 3. The number of carbonyl (C=O) groups excluding carboxylic acids is 1. The molecular weight excluding hydrogens is 342 g/mol. The summed E-state index contributed by atoms with van der Waals surface area (Å²) in [6.07, 6.45) is 0.844. The average molecular weight is 364 g/mol. The first-order chi connectivity index (χ1) is 10.3. The molecule has 1 amide bonds. The number of hydrazine groups is 1. The third-order valence-electron chi connectivity index (χ3n) is 3.23. The van der Waals surface area contributed by atoms with E-state index in [1.54, 1.807) is 0 Å². The van der Waals surface area contributed by atoms with Gasteiger partial charge in [0.2, 0.25) is 0 Å². The van der Waals surface area contributed by atoms with Crippen molar-refractivity contribution in [3.05, 3.63) is 71.3 Å². The summed E-state index contributed by atoms with van der Waals surface area (Å²) < 4.78 is 0. The normalized spacial score (nSPS) is 9.86. The molecule has 2 aromatic carbocycles. The average Bonchev–Trinajstić information content (AvgIpc) is 2.54. The van der Waals surface area contributed by atoms with Crippen molar-refractivity contribution in [3.8, 4) is 0 Å². The number of hydrogen-bond acceptors (Lipinski definition) is 3. The minimum atomic E-state index is -0.0287. The molecule has 0 heterocycles. The molecule has 0 aliphatic carbocycles. The van der Waals surface area contributed by atoms with Crippen LogP contribution >= 0.6 is 17.0 Å². The van der Waals surface area contributed by atoms with Crippen LogP contribution < -0.4 is 16.2 Å². The Hall–Kier alpha value is -1.69. The SMILES string of the molecule is Br.CNNCc1ccc(C(=O)NCCc2ccccc2)cc1. The summed E-state index contributed by atoms with van der Waals surface area (Å²) in [5.41, 5.74) is 8.93. The highest BCUT2D eigenvalue weighted by Crippen LogP contribution is 2.04. The number of benzene rings is 2. The van der Waals surface area contributed by atoms with E-state index in [0.29, 0.717) is 12.1 Å². The lowest BCUT2D eigenvalue weighted by Crippen LogP contribution is -2.27. The molecule has 5 heteroatoms. The fourth-order valence-electron chi connectivity index (χ4n) is 2.03. The van der Waals surface area contributed by atoms with Gasteiger partial charge >= 0.3 is 0 Å². The molecule has 3 N–H and O–H groups in total. The van der Waals surface area contributed by atoms with Crippen LogP contribution in [-0.2, 0) is 13.0 Å². The first-order valence-corrected chi connectivity index (χ1v) is 7.10. The third kappa shape index (κ3) is 5.97. The summed E-state index contributed by atoms with van der Waals surface area (Å²) in [6.45, 7) is 1.37. The molecule has 0 saturated heterocycles. The predicted molar refractivity (Wildman–Crippen MR) is 95.1 cm³/mol. The smallest absolute Gasteiger partial charge is 0.251 e. The number of hydrogen-bond donors (Lipinski definition) is 3. The van der Waals surface area contributed by atoms with Gasteiger partial charge in [0.1, 0.15) is 0 Å². The largest absolute Gasteiger partial charge is 0.352 e. The van der Waals surface area contributed by atoms with Crippen molar-refractivity contribution in [1.29, 1.82) is 0 Å². The maximum atomic E-state index is 12.0. The van der Waals surface area contributed by atoms with Crippen LogP contribution in [0.25, 0.3) is 0 Å². The van der Waals surface area contributed by atoms with Crippen LogP contribution in [0.1, 0.15) is 21.5 Å². The Labute approximate surface area is 142 Å². The monoisotopic (exact) mass is 363 g/mol. The number of amides is 1. The topological polar surface area (TPSA) is 53.2 Å². The lowest BCUT2D eigenvalue weighted by Gasteiger charge is -2.07. The minimum absolute atomic E-state index is 0. The van der Waals surface area contributed by atoms with E-state index in [0.717, 1.165) is 18.5 Å². The highest BCUT2D eigenvalue weighted by molar-refractivity contribution is 8.93. The van der Waals surface area contributed by atoms with Crippen LogP contribution in [-0.4, -0.2) is 19.5 Å². The first-order valence-electron chi connectivity index (χ1n) is 7.10. The minimum Gasteiger partial charge on any atom is -0.352 e. The Morgan fingerprint density at radius 1 is 0.955 bits per heavy atom. The molecule has 0 atom stereocenters. The van der Waals surface area contributed by atoms with E-state index in [-0.39, 0.29) is 22.9 Å². The van der Waals surface area contributed by atoms with E-state index in [2.05, 4.69) is 28.3 Å². The van der Waals surface area contributed by atoms with Gasteiger partial charge < -0.3 is 5.32 Å². The van der Waals surface area contributed by atoms with E-state index in [9.17, 15) is 4.79 Å². The highest BCUT2D eigenvalue weighted by Gasteiger charge is 2.04. The molecular formula is C17H22BrN3O. The molecule has 0 aliphatic rings. The van der Waals surface area contributed by atoms with Crippen LogP contribution in [0.4, 0.5) is 0 Å². The van der Waals surface area contributed by atoms with Crippen LogP contribution in [0, 0.1) is 0 Å². The Balaban J connectivity index is 0.00000242. The molecule has 0 unspecified atom stereocenters. The van der Waals surface area contributed by atoms with Crippen molar-refractivity contribution in [3.63, 3.8) is 0 Å². The van der Waals surface area contributed by atoms with E-state index in [4.69, 9.17) is 0 Å². The Kier molecular flexibility index (Phi) is 8.43. The van der Waals surface area contributed by atoms with Crippen LogP contribution in [0.2, 0.25) is 0 Å². The standard InChI is InChI=1S/C17H21N3O.BrH/c1-18-20-13-15-7-9-16(10-8-15)17(21)19-12-11-14-5-3-2-4-6-14;/h2-10,18,20H,11-13H2,1H3,(H,19,21);1H. The second kappa shape index (κ2) is 10.1. The summed E-state index contributed by atoms with van der Waals surface area (Å²) >= 11 is 0. The highest BCUT2D eigenvalue weighted by atomic mass is 79.9. The summed E-state index contributed by atoms with van der Waals surface area (Å²) in [4.78, 5) is 12.0. The Morgan fingerprint density at radius 3 is 2.27 bits per heavy atom. The quantitative estimate of drug-likeness (QED) is 0.662. The molecule has 0 fully saturated rings. The summed E-state index contributed by atoms with van der Waals surface area (Å²) in [5, 5.41) is 2.94. The number of halogens is 1. The van der Waals surface area contributed by atoms with Gasteiger partial charge in [-0.05, 0) is 36.7 Å².